The van der Waals surface area contributed by atoms with Gasteiger partial charge in [0, 0.05) is 5.39 Å². The second-order valence-electron chi connectivity index (χ2n) is 5.56. The van der Waals surface area contributed by atoms with Gasteiger partial charge < -0.3 is 10.3 Å². The summed E-state index contributed by atoms with van der Waals surface area (Å²) in [4.78, 5) is 4.44. The van der Waals surface area contributed by atoms with E-state index in [0.29, 0.717) is 11.5 Å². The summed E-state index contributed by atoms with van der Waals surface area (Å²) in [5.41, 5.74) is 8.57. The van der Waals surface area contributed by atoms with Crippen molar-refractivity contribution in [3.63, 3.8) is 0 Å². The van der Waals surface area contributed by atoms with E-state index in [1.54, 1.807) is 0 Å². The van der Waals surface area contributed by atoms with E-state index in [9.17, 15) is 0 Å². The number of aromatic nitrogens is 2. The number of pyridine rings is 1. The Kier molecular flexibility index (Phi) is 2.11. The Labute approximate surface area is 105 Å². The molecule has 2 aromatic heterocycles. The SMILES string of the molecule is CC(C)(C)c1ccc2nc3noc(N)c3cc2c1. The zero-order valence-electron chi connectivity index (χ0n) is 10.7. The summed E-state index contributed by atoms with van der Waals surface area (Å²) in [6.07, 6.45) is 0. The molecule has 0 amide bonds. The third kappa shape index (κ3) is 1.61. The van der Waals surface area contributed by atoms with E-state index < -0.39 is 0 Å². The minimum atomic E-state index is 0.114. The average Bonchev–Trinajstić information content (AvgIpc) is 2.66. The van der Waals surface area contributed by atoms with Crippen LogP contribution < -0.4 is 5.73 Å². The van der Waals surface area contributed by atoms with Crippen molar-refractivity contribution in [2.24, 2.45) is 0 Å². The van der Waals surface area contributed by atoms with E-state index >= 15 is 0 Å². The van der Waals surface area contributed by atoms with Crippen LogP contribution in [0.5, 0.6) is 0 Å². The second kappa shape index (κ2) is 3.45. The quantitative estimate of drug-likeness (QED) is 0.656. The highest BCUT2D eigenvalue weighted by molar-refractivity contribution is 5.95. The third-order valence-electron chi connectivity index (χ3n) is 3.16. The van der Waals surface area contributed by atoms with Crippen LogP contribution in [0.15, 0.2) is 28.8 Å². The fraction of sp³-hybridized carbons (Fsp3) is 0.286. The number of nitrogen functional groups attached to an aromatic ring is 1. The van der Waals surface area contributed by atoms with Crippen molar-refractivity contribution in [2.75, 3.05) is 5.73 Å². The molecule has 2 heterocycles. The fourth-order valence-electron chi connectivity index (χ4n) is 2.03. The molecule has 2 N–H and O–H groups in total. The maximum absolute atomic E-state index is 5.72. The lowest BCUT2D eigenvalue weighted by atomic mass is 9.86. The lowest BCUT2D eigenvalue weighted by molar-refractivity contribution is 0.443. The van der Waals surface area contributed by atoms with E-state index in [1.165, 1.54) is 5.56 Å². The molecule has 0 radical (unpaired) electrons. The van der Waals surface area contributed by atoms with Gasteiger partial charge in [0.15, 0.2) is 0 Å². The summed E-state index contributed by atoms with van der Waals surface area (Å²) in [5.74, 6) is 0.320. The van der Waals surface area contributed by atoms with Crippen molar-refractivity contribution in [2.45, 2.75) is 26.2 Å². The molecule has 4 heteroatoms. The van der Waals surface area contributed by atoms with Gasteiger partial charge in [-0.2, -0.15) is 0 Å². The van der Waals surface area contributed by atoms with Crippen molar-refractivity contribution in [3.05, 3.63) is 29.8 Å². The van der Waals surface area contributed by atoms with Crippen molar-refractivity contribution >= 4 is 27.8 Å². The molecule has 18 heavy (non-hydrogen) atoms. The zero-order valence-corrected chi connectivity index (χ0v) is 10.7. The summed E-state index contributed by atoms with van der Waals surface area (Å²) >= 11 is 0. The summed E-state index contributed by atoms with van der Waals surface area (Å²) < 4.78 is 4.95. The van der Waals surface area contributed by atoms with Crippen LogP contribution in [0.25, 0.3) is 21.9 Å². The Bertz CT molecular complexity index is 738. The number of benzene rings is 1. The standard InChI is InChI=1S/C14H15N3O/c1-14(2,3)9-4-5-11-8(6-9)7-10-12(15)18-17-13(10)16-11/h4-7H,15H2,1-3H3. The van der Waals surface area contributed by atoms with Crippen molar-refractivity contribution in [3.8, 4) is 0 Å². The van der Waals surface area contributed by atoms with Gasteiger partial charge in [0.05, 0.1) is 10.9 Å². The number of anilines is 1. The monoisotopic (exact) mass is 241 g/mol. The largest absolute Gasteiger partial charge is 0.367 e. The number of hydrogen-bond acceptors (Lipinski definition) is 4. The number of rotatable bonds is 0. The summed E-state index contributed by atoms with van der Waals surface area (Å²) in [6.45, 7) is 6.57. The van der Waals surface area contributed by atoms with Crippen LogP contribution in [0.1, 0.15) is 26.3 Å². The number of nitrogens with zero attached hydrogens (tertiary/aromatic N) is 2. The van der Waals surface area contributed by atoms with Gasteiger partial charge in [0.1, 0.15) is 0 Å². The highest BCUT2D eigenvalue weighted by atomic mass is 16.5. The van der Waals surface area contributed by atoms with Gasteiger partial charge in [-0.15, -0.1) is 0 Å². The maximum Gasteiger partial charge on any atom is 0.231 e. The van der Waals surface area contributed by atoms with Crippen LogP contribution in [0.3, 0.4) is 0 Å². The topological polar surface area (TPSA) is 64.9 Å². The van der Waals surface area contributed by atoms with Crippen molar-refractivity contribution in [1.29, 1.82) is 0 Å². The van der Waals surface area contributed by atoms with Gasteiger partial charge >= 0.3 is 0 Å². The van der Waals surface area contributed by atoms with Crippen LogP contribution in [0.2, 0.25) is 0 Å². The fourth-order valence-corrected chi connectivity index (χ4v) is 2.03. The normalized spacial score (nSPS) is 12.4. The number of hydrogen-bond donors (Lipinski definition) is 1. The van der Waals surface area contributed by atoms with E-state index in [1.807, 2.05) is 12.1 Å². The van der Waals surface area contributed by atoms with Gasteiger partial charge in [-0.3, -0.25) is 0 Å². The summed E-state index contributed by atoms with van der Waals surface area (Å²) in [6, 6.07) is 8.25. The molecule has 92 valence electrons. The van der Waals surface area contributed by atoms with E-state index in [2.05, 4.69) is 43.0 Å². The molecule has 3 rings (SSSR count). The minimum absolute atomic E-state index is 0.114. The van der Waals surface area contributed by atoms with Crippen LogP contribution >= 0.6 is 0 Å². The molecule has 4 nitrogen and oxygen atoms in total. The van der Waals surface area contributed by atoms with Crippen LogP contribution in [-0.4, -0.2) is 10.1 Å². The second-order valence-corrected chi connectivity index (χ2v) is 5.56. The van der Waals surface area contributed by atoms with Crippen LogP contribution in [0, 0.1) is 0 Å². The molecule has 0 spiro atoms. The van der Waals surface area contributed by atoms with Crippen LogP contribution in [-0.2, 0) is 5.41 Å². The Hall–Kier alpha value is -2.10. The molecule has 0 saturated carbocycles. The molecular formula is C14H15N3O. The minimum Gasteiger partial charge on any atom is -0.367 e. The molecule has 1 aromatic carbocycles. The molecule has 0 unspecified atom stereocenters. The van der Waals surface area contributed by atoms with Gasteiger partial charge in [-0.05, 0) is 29.2 Å². The van der Waals surface area contributed by atoms with E-state index in [-0.39, 0.29) is 5.41 Å². The molecule has 0 aliphatic carbocycles. The van der Waals surface area contributed by atoms with Gasteiger partial charge in [0.25, 0.3) is 0 Å². The molecule has 3 aromatic rings. The average molecular weight is 241 g/mol. The third-order valence-corrected chi connectivity index (χ3v) is 3.16. The van der Waals surface area contributed by atoms with Crippen molar-refractivity contribution in [1.82, 2.24) is 10.1 Å². The van der Waals surface area contributed by atoms with Crippen LogP contribution in [0.4, 0.5) is 5.88 Å². The molecule has 0 fully saturated rings. The van der Waals surface area contributed by atoms with Gasteiger partial charge in [-0.25, -0.2) is 4.98 Å². The highest BCUT2D eigenvalue weighted by Crippen LogP contribution is 2.28. The highest BCUT2D eigenvalue weighted by Gasteiger charge is 2.15. The smallest absolute Gasteiger partial charge is 0.231 e. The molecule has 0 aliphatic rings. The Morgan fingerprint density at radius 3 is 2.67 bits per heavy atom. The van der Waals surface area contributed by atoms with E-state index in [0.717, 1.165) is 16.3 Å². The van der Waals surface area contributed by atoms with E-state index in [4.69, 9.17) is 10.3 Å². The molecule has 0 atom stereocenters. The lowest BCUT2D eigenvalue weighted by Gasteiger charge is -2.19. The Morgan fingerprint density at radius 2 is 1.94 bits per heavy atom. The predicted octanol–water partition coefficient (Wildman–Crippen LogP) is 3.26. The first-order chi connectivity index (χ1) is 8.45. The first-order valence-electron chi connectivity index (χ1n) is 5.91. The molecule has 0 bridgehead atoms. The zero-order chi connectivity index (χ0) is 12.9. The van der Waals surface area contributed by atoms with Crippen molar-refractivity contribution < 1.29 is 4.52 Å². The predicted molar refractivity (Wildman–Crippen MR) is 72.4 cm³/mol. The Morgan fingerprint density at radius 1 is 1.17 bits per heavy atom. The molecule has 0 aliphatic heterocycles. The number of nitrogens with two attached hydrogens (primary N) is 1. The first kappa shape index (κ1) is 11.0. The molecule has 0 saturated heterocycles. The lowest BCUT2D eigenvalue weighted by Crippen LogP contribution is -2.10. The summed E-state index contributed by atoms with van der Waals surface area (Å²) in [5, 5.41) is 5.66. The summed E-state index contributed by atoms with van der Waals surface area (Å²) in [7, 11) is 0. The van der Waals surface area contributed by atoms with Gasteiger partial charge in [-0.1, -0.05) is 32.0 Å². The number of fused-ring (bicyclic) bond motifs is 2. The first-order valence-corrected chi connectivity index (χ1v) is 5.91. The Balaban J connectivity index is 2.32. The maximum atomic E-state index is 5.72. The molecular weight excluding hydrogens is 226 g/mol. The van der Waals surface area contributed by atoms with Gasteiger partial charge in [0.2, 0.25) is 11.5 Å².